The molecular formula is C18H29N5O2. The van der Waals surface area contributed by atoms with Crippen molar-refractivity contribution in [3.05, 3.63) is 24.0 Å². The van der Waals surface area contributed by atoms with Gasteiger partial charge in [-0.15, -0.1) is 0 Å². The zero-order chi connectivity index (χ0) is 17.6. The van der Waals surface area contributed by atoms with Crippen LogP contribution in [0.25, 0.3) is 0 Å². The lowest BCUT2D eigenvalue weighted by Crippen LogP contribution is -2.53. The molecule has 7 heteroatoms. The molecule has 25 heavy (non-hydrogen) atoms. The van der Waals surface area contributed by atoms with Gasteiger partial charge in [0.05, 0.1) is 0 Å². The molecule has 0 unspecified atom stereocenters. The number of aromatic nitrogens is 1. The average Bonchev–Trinajstić information content (AvgIpc) is 3.31. The lowest BCUT2D eigenvalue weighted by Gasteiger charge is -2.34. The number of hydrogen-bond donors (Lipinski definition) is 2. The minimum Gasteiger partial charge on any atom is -0.357 e. The molecule has 3 rings (SSSR count). The number of nitrogens with zero attached hydrogens (tertiary/aromatic N) is 3. The molecule has 2 N–H and O–H groups in total. The van der Waals surface area contributed by atoms with Gasteiger partial charge in [-0.1, -0.05) is 6.92 Å². The highest BCUT2D eigenvalue weighted by Crippen LogP contribution is 2.15. The summed E-state index contributed by atoms with van der Waals surface area (Å²) in [5, 5.41) is 3.08. The third-order valence-corrected chi connectivity index (χ3v) is 5.13. The zero-order valence-electron chi connectivity index (χ0n) is 15.0. The van der Waals surface area contributed by atoms with Gasteiger partial charge in [0.2, 0.25) is 0 Å². The van der Waals surface area contributed by atoms with Crippen molar-refractivity contribution in [3.8, 4) is 0 Å². The largest absolute Gasteiger partial charge is 0.357 e. The van der Waals surface area contributed by atoms with E-state index < -0.39 is 0 Å². The molecular weight excluding hydrogens is 318 g/mol. The van der Waals surface area contributed by atoms with Gasteiger partial charge >= 0.3 is 6.03 Å². The first-order chi connectivity index (χ1) is 12.2. The molecule has 0 saturated carbocycles. The molecule has 0 aliphatic carbocycles. The molecule has 2 fully saturated rings. The molecule has 1 atom stereocenters. The molecule has 3 heterocycles. The van der Waals surface area contributed by atoms with Crippen molar-refractivity contribution in [2.45, 2.75) is 19.8 Å². The summed E-state index contributed by atoms with van der Waals surface area (Å²) in [6.45, 7) is 8.69. The van der Waals surface area contributed by atoms with Crippen LogP contribution < -0.4 is 5.32 Å². The van der Waals surface area contributed by atoms with Crippen molar-refractivity contribution in [1.29, 1.82) is 0 Å². The molecule has 2 saturated heterocycles. The van der Waals surface area contributed by atoms with E-state index in [-0.39, 0.29) is 11.9 Å². The summed E-state index contributed by atoms with van der Waals surface area (Å²) in [5.41, 5.74) is 0.607. The fourth-order valence-electron chi connectivity index (χ4n) is 3.69. The van der Waals surface area contributed by atoms with Crippen molar-refractivity contribution < 1.29 is 9.59 Å². The Balaban J connectivity index is 1.38. The van der Waals surface area contributed by atoms with E-state index in [1.807, 2.05) is 11.0 Å². The Kier molecular flexibility index (Phi) is 5.96. The fraction of sp³-hybridized carbons (Fsp3) is 0.667. The highest BCUT2D eigenvalue weighted by molar-refractivity contribution is 5.92. The van der Waals surface area contributed by atoms with Gasteiger partial charge in [0.1, 0.15) is 5.69 Å². The van der Waals surface area contributed by atoms with Crippen LogP contribution in [0.4, 0.5) is 4.79 Å². The average molecular weight is 347 g/mol. The SMILES string of the molecule is CCCN1CC[C@H](CNC(=O)N2CCN(C(=O)c3ccc[nH]3)CC2)C1. The van der Waals surface area contributed by atoms with Gasteiger partial charge < -0.3 is 25.0 Å². The van der Waals surface area contributed by atoms with E-state index >= 15 is 0 Å². The molecule has 0 bridgehead atoms. The molecule has 2 aliphatic rings. The molecule has 0 aromatic carbocycles. The number of amides is 3. The number of carbonyl (C=O) groups is 2. The van der Waals surface area contributed by atoms with Gasteiger partial charge in [-0.3, -0.25) is 4.79 Å². The smallest absolute Gasteiger partial charge is 0.317 e. The van der Waals surface area contributed by atoms with Gasteiger partial charge in [-0.2, -0.15) is 0 Å². The Morgan fingerprint density at radius 2 is 1.96 bits per heavy atom. The Labute approximate surface area is 149 Å². The van der Waals surface area contributed by atoms with E-state index in [9.17, 15) is 9.59 Å². The number of urea groups is 1. The monoisotopic (exact) mass is 347 g/mol. The van der Waals surface area contributed by atoms with E-state index in [1.54, 1.807) is 17.2 Å². The summed E-state index contributed by atoms with van der Waals surface area (Å²) >= 11 is 0. The zero-order valence-corrected chi connectivity index (χ0v) is 15.0. The van der Waals surface area contributed by atoms with Crippen molar-refractivity contribution in [3.63, 3.8) is 0 Å². The van der Waals surface area contributed by atoms with Gasteiger partial charge in [-0.25, -0.2) is 4.79 Å². The Morgan fingerprint density at radius 3 is 2.64 bits per heavy atom. The molecule has 1 aromatic heterocycles. The maximum atomic E-state index is 12.4. The molecule has 0 radical (unpaired) electrons. The third-order valence-electron chi connectivity index (χ3n) is 5.13. The summed E-state index contributed by atoms with van der Waals surface area (Å²) < 4.78 is 0. The van der Waals surface area contributed by atoms with E-state index in [0.717, 1.165) is 26.2 Å². The van der Waals surface area contributed by atoms with Gasteiger partial charge in [0.25, 0.3) is 5.91 Å². The maximum absolute atomic E-state index is 12.4. The standard InChI is InChI=1S/C18H29N5O2/c1-2-7-21-8-5-15(14-21)13-20-18(25)23-11-9-22(10-12-23)17(24)16-4-3-6-19-16/h3-4,6,15,19H,2,5,7-14H2,1H3,(H,20,25)/t15-/m1/s1. The molecule has 7 nitrogen and oxygen atoms in total. The lowest BCUT2D eigenvalue weighted by atomic mass is 10.1. The number of aromatic amines is 1. The molecule has 0 spiro atoms. The molecule has 138 valence electrons. The van der Waals surface area contributed by atoms with Crippen LogP contribution in [0.2, 0.25) is 0 Å². The summed E-state index contributed by atoms with van der Waals surface area (Å²) in [6, 6.07) is 3.60. The van der Waals surface area contributed by atoms with E-state index in [2.05, 4.69) is 22.1 Å². The molecule has 3 amide bonds. The fourth-order valence-corrected chi connectivity index (χ4v) is 3.69. The van der Waals surface area contributed by atoms with Crippen molar-refractivity contribution in [1.82, 2.24) is 25.0 Å². The third kappa shape index (κ3) is 4.54. The van der Waals surface area contributed by atoms with Crippen molar-refractivity contribution >= 4 is 11.9 Å². The van der Waals surface area contributed by atoms with Crippen molar-refractivity contribution in [2.24, 2.45) is 5.92 Å². The topological polar surface area (TPSA) is 71.7 Å². The number of piperazine rings is 1. The highest BCUT2D eigenvalue weighted by Gasteiger charge is 2.26. The van der Waals surface area contributed by atoms with Crippen LogP contribution in [0.3, 0.4) is 0 Å². The summed E-state index contributed by atoms with van der Waals surface area (Å²) in [6.07, 6.45) is 4.10. The van der Waals surface area contributed by atoms with Crippen LogP contribution in [-0.2, 0) is 0 Å². The maximum Gasteiger partial charge on any atom is 0.317 e. The van der Waals surface area contributed by atoms with Gasteiger partial charge in [0, 0.05) is 45.5 Å². The van der Waals surface area contributed by atoms with Gasteiger partial charge in [0.15, 0.2) is 0 Å². The Bertz CT molecular complexity index is 566. The molecule has 2 aliphatic heterocycles. The predicted molar refractivity (Wildman–Crippen MR) is 96.5 cm³/mol. The van der Waals surface area contributed by atoms with E-state index in [1.165, 1.54) is 12.8 Å². The Hall–Kier alpha value is -2.02. The minimum atomic E-state index is 0.000846. The number of carbonyl (C=O) groups excluding carboxylic acids is 2. The highest BCUT2D eigenvalue weighted by atomic mass is 16.2. The van der Waals surface area contributed by atoms with Crippen LogP contribution in [0.1, 0.15) is 30.3 Å². The normalized spacial score (nSPS) is 21.6. The first-order valence-corrected chi connectivity index (χ1v) is 9.35. The first-order valence-electron chi connectivity index (χ1n) is 9.35. The van der Waals surface area contributed by atoms with Crippen LogP contribution in [0.5, 0.6) is 0 Å². The quantitative estimate of drug-likeness (QED) is 0.841. The first kappa shape index (κ1) is 17.8. The number of H-pyrrole nitrogens is 1. The Morgan fingerprint density at radius 1 is 1.20 bits per heavy atom. The van der Waals surface area contributed by atoms with Crippen LogP contribution in [-0.4, -0.2) is 84.0 Å². The van der Waals surface area contributed by atoms with Crippen molar-refractivity contribution in [2.75, 3.05) is 52.4 Å². The summed E-state index contributed by atoms with van der Waals surface area (Å²) in [4.78, 5) is 33.7. The number of rotatable bonds is 5. The number of likely N-dealkylation sites (tertiary alicyclic amines) is 1. The number of hydrogen-bond acceptors (Lipinski definition) is 3. The number of nitrogens with one attached hydrogen (secondary N) is 2. The molecule has 1 aromatic rings. The summed E-state index contributed by atoms with van der Waals surface area (Å²) in [5.74, 6) is 0.568. The van der Waals surface area contributed by atoms with Crippen LogP contribution in [0, 0.1) is 5.92 Å². The second-order valence-corrected chi connectivity index (χ2v) is 7.00. The predicted octanol–water partition coefficient (Wildman–Crippen LogP) is 1.21. The van der Waals surface area contributed by atoms with Crippen LogP contribution >= 0.6 is 0 Å². The summed E-state index contributed by atoms with van der Waals surface area (Å²) in [7, 11) is 0. The minimum absolute atomic E-state index is 0.000846. The van der Waals surface area contributed by atoms with Crippen LogP contribution in [0.15, 0.2) is 18.3 Å². The lowest BCUT2D eigenvalue weighted by molar-refractivity contribution is 0.0659. The van der Waals surface area contributed by atoms with Gasteiger partial charge in [-0.05, 0) is 44.0 Å². The van der Waals surface area contributed by atoms with E-state index in [4.69, 9.17) is 0 Å². The van der Waals surface area contributed by atoms with E-state index in [0.29, 0.717) is 37.8 Å². The second-order valence-electron chi connectivity index (χ2n) is 7.00. The second kappa shape index (κ2) is 8.38.